The Balaban J connectivity index is 1.62. The molecule has 122 valence electrons. The van der Waals surface area contributed by atoms with E-state index in [1.54, 1.807) is 18.3 Å². The molecule has 2 heterocycles. The molecule has 5 nitrogen and oxygen atoms in total. The van der Waals surface area contributed by atoms with Gasteiger partial charge in [-0.25, -0.2) is 0 Å². The van der Waals surface area contributed by atoms with E-state index in [1.165, 1.54) is 0 Å². The lowest BCUT2D eigenvalue weighted by Crippen LogP contribution is -2.23. The molecule has 0 bridgehead atoms. The molecule has 1 saturated heterocycles. The Morgan fingerprint density at radius 1 is 1.43 bits per heavy atom. The topological polar surface area (TPSA) is 63.4 Å². The van der Waals surface area contributed by atoms with E-state index in [1.807, 2.05) is 25.1 Å². The number of nitrogens with one attached hydrogen (secondary N) is 2. The standard InChI is InChI=1S/C18H22N2O3/c1-13-4-5-15(10-20-18(21)16-3-2-7-19-16)17(9-13)23-12-14-6-8-22-11-14/h2-5,7,9,14,19H,6,8,10-12H2,1H3,(H,20,21). The fourth-order valence-corrected chi connectivity index (χ4v) is 2.61. The fraction of sp³-hybridized carbons (Fsp3) is 0.389. The number of aromatic amines is 1. The van der Waals surface area contributed by atoms with Gasteiger partial charge in [0.15, 0.2) is 0 Å². The zero-order valence-electron chi connectivity index (χ0n) is 13.3. The number of ether oxygens (including phenoxy) is 2. The molecular formula is C18H22N2O3. The van der Waals surface area contributed by atoms with Gasteiger partial charge in [-0.05, 0) is 37.1 Å². The lowest BCUT2D eigenvalue weighted by Gasteiger charge is -2.15. The van der Waals surface area contributed by atoms with E-state index in [0.29, 0.717) is 24.8 Å². The zero-order valence-corrected chi connectivity index (χ0v) is 13.3. The van der Waals surface area contributed by atoms with E-state index >= 15 is 0 Å². The summed E-state index contributed by atoms with van der Waals surface area (Å²) in [4.78, 5) is 14.9. The number of hydrogen-bond donors (Lipinski definition) is 2. The largest absolute Gasteiger partial charge is 0.493 e. The van der Waals surface area contributed by atoms with Gasteiger partial charge in [0.05, 0.1) is 13.2 Å². The van der Waals surface area contributed by atoms with Gasteiger partial charge >= 0.3 is 0 Å². The Bertz CT molecular complexity index is 646. The molecule has 1 aliphatic rings. The monoisotopic (exact) mass is 314 g/mol. The van der Waals surface area contributed by atoms with Crippen molar-refractivity contribution in [1.29, 1.82) is 0 Å². The molecular weight excluding hydrogens is 292 g/mol. The van der Waals surface area contributed by atoms with Gasteiger partial charge in [-0.15, -0.1) is 0 Å². The van der Waals surface area contributed by atoms with Crippen LogP contribution in [0.25, 0.3) is 0 Å². The highest BCUT2D eigenvalue weighted by Gasteiger charge is 2.17. The second-order valence-electron chi connectivity index (χ2n) is 5.92. The first-order valence-corrected chi connectivity index (χ1v) is 7.94. The predicted molar refractivity (Wildman–Crippen MR) is 87.6 cm³/mol. The van der Waals surface area contributed by atoms with Gasteiger partial charge in [0.1, 0.15) is 11.4 Å². The average molecular weight is 314 g/mol. The maximum absolute atomic E-state index is 12.0. The van der Waals surface area contributed by atoms with Gasteiger partial charge in [-0.3, -0.25) is 4.79 Å². The Morgan fingerprint density at radius 3 is 3.09 bits per heavy atom. The van der Waals surface area contributed by atoms with Crippen molar-refractivity contribution in [2.45, 2.75) is 19.9 Å². The van der Waals surface area contributed by atoms with Gasteiger partial charge in [0.2, 0.25) is 0 Å². The van der Waals surface area contributed by atoms with Crippen LogP contribution in [-0.2, 0) is 11.3 Å². The van der Waals surface area contributed by atoms with E-state index < -0.39 is 0 Å². The van der Waals surface area contributed by atoms with Crippen molar-refractivity contribution in [3.63, 3.8) is 0 Å². The summed E-state index contributed by atoms with van der Waals surface area (Å²) in [5, 5.41) is 2.91. The Labute approximate surface area is 136 Å². The van der Waals surface area contributed by atoms with E-state index in [0.717, 1.165) is 36.5 Å². The first kappa shape index (κ1) is 15.6. The molecule has 1 unspecified atom stereocenters. The molecule has 1 amide bonds. The third kappa shape index (κ3) is 4.13. The van der Waals surface area contributed by atoms with E-state index in [4.69, 9.17) is 9.47 Å². The predicted octanol–water partition coefficient (Wildman–Crippen LogP) is 2.67. The minimum Gasteiger partial charge on any atom is -0.493 e. The highest BCUT2D eigenvalue weighted by atomic mass is 16.5. The Kier molecular flexibility index (Phi) is 4.98. The zero-order chi connectivity index (χ0) is 16.1. The number of amides is 1. The highest BCUT2D eigenvalue weighted by Crippen LogP contribution is 2.22. The van der Waals surface area contributed by atoms with Gasteiger partial charge in [0, 0.05) is 30.8 Å². The molecule has 0 spiro atoms. The van der Waals surface area contributed by atoms with Gasteiger partial charge in [-0.1, -0.05) is 12.1 Å². The average Bonchev–Trinajstić information content (AvgIpc) is 3.25. The summed E-state index contributed by atoms with van der Waals surface area (Å²) in [5.74, 6) is 1.17. The number of carbonyl (C=O) groups excluding carboxylic acids is 1. The normalized spacial score (nSPS) is 17.2. The van der Waals surface area contributed by atoms with Crippen LogP contribution in [0.15, 0.2) is 36.5 Å². The molecule has 2 aromatic rings. The Morgan fingerprint density at radius 2 is 2.35 bits per heavy atom. The van der Waals surface area contributed by atoms with Crippen molar-refractivity contribution in [1.82, 2.24) is 10.3 Å². The quantitative estimate of drug-likeness (QED) is 0.861. The second kappa shape index (κ2) is 7.33. The van der Waals surface area contributed by atoms with Crippen LogP contribution in [0.1, 0.15) is 28.0 Å². The van der Waals surface area contributed by atoms with Crippen LogP contribution in [-0.4, -0.2) is 30.7 Å². The molecule has 0 saturated carbocycles. The smallest absolute Gasteiger partial charge is 0.267 e. The highest BCUT2D eigenvalue weighted by molar-refractivity contribution is 5.92. The van der Waals surface area contributed by atoms with Crippen LogP contribution < -0.4 is 10.1 Å². The molecule has 1 fully saturated rings. The first-order chi connectivity index (χ1) is 11.2. The van der Waals surface area contributed by atoms with Gasteiger partial charge in [-0.2, -0.15) is 0 Å². The van der Waals surface area contributed by atoms with Crippen molar-refractivity contribution in [2.24, 2.45) is 5.92 Å². The summed E-state index contributed by atoms with van der Waals surface area (Å²) in [5.41, 5.74) is 2.68. The van der Waals surface area contributed by atoms with Crippen LogP contribution in [0, 0.1) is 12.8 Å². The summed E-state index contributed by atoms with van der Waals surface area (Å²) >= 11 is 0. The summed E-state index contributed by atoms with van der Waals surface area (Å²) in [6.07, 6.45) is 2.78. The number of aryl methyl sites for hydroxylation is 1. The van der Waals surface area contributed by atoms with Crippen molar-refractivity contribution in [3.8, 4) is 5.75 Å². The van der Waals surface area contributed by atoms with Crippen LogP contribution in [0.3, 0.4) is 0 Å². The molecule has 5 heteroatoms. The summed E-state index contributed by atoms with van der Waals surface area (Å²) in [6.45, 7) is 4.72. The van der Waals surface area contributed by atoms with Crippen LogP contribution in [0.4, 0.5) is 0 Å². The maximum atomic E-state index is 12.0. The molecule has 0 radical (unpaired) electrons. The number of rotatable bonds is 6. The number of carbonyl (C=O) groups is 1. The van der Waals surface area contributed by atoms with Crippen molar-refractivity contribution < 1.29 is 14.3 Å². The summed E-state index contributed by atoms with van der Waals surface area (Å²) in [6, 6.07) is 9.61. The van der Waals surface area contributed by atoms with E-state index in [9.17, 15) is 4.79 Å². The minimum atomic E-state index is -0.120. The fourth-order valence-electron chi connectivity index (χ4n) is 2.61. The maximum Gasteiger partial charge on any atom is 0.267 e. The second-order valence-corrected chi connectivity index (χ2v) is 5.92. The van der Waals surface area contributed by atoms with E-state index in [-0.39, 0.29) is 5.91 Å². The number of aromatic nitrogens is 1. The van der Waals surface area contributed by atoms with Gasteiger partial charge < -0.3 is 19.8 Å². The summed E-state index contributed by atoms with van der Waals surface area (Å²) in [7, 11) is 0. The molecule has 0 aliphatic carbocycles. The number of benzene rings is 1. The molecule has 1 atom stereocenters. The van der Waals surface area contributed by atoms with Crippen molar-refractivity contribution in [3.05, 3.63) is 53.3 Å². The van der Waals surface area contributed by atoms with Crippen LogP contribution in [0.5, 0.6) is 5.75 Å². The SMILES string of the molecule is Cc1ccc(CNC(=O)c2ccc[nH]2)c(OCC2CCOC2)c1. The lowest BCUT2D eigenvalue weighted by molar-refractivity contribution is 0.0946. The van der Waals surface area contributed by atoms with E-state index in [2.05, 4.69) is 10.3 Å². The van der Waals surface area contributed by atoms with Gasteiger partial charge in [0.25, 0.3) is 5.91 Å². The molecule has 3 rings (SSSR count). The summed E-state index contributed by atoms with van der Waals surface area (Å²) < 4.78 is 11.4. The third-order valence-corrected chi connectivity index (χ3v) is 4.00. The lowest BCUT2D eigenvalue weighted by atomic mass is 10.1. The first-order valence-electron chi connectivity index (χ1n) is 7.94. The third-order valence-electron chi connectivity index (χ3n) is 4.00. The van der Waals surface area contributed by atoms with Crippen LogP contribution in [0.2, 0.25) is 0 Å². The van der Waals surface area contributed by atoms with Crippen LogP contribution >= 0.6 is 0 Å². The molecule has 1 aromatic carbocycles. The van der Waals surface area contributed by atoms with Crippen molar-refractivity contribution in [2.75, 3.05) is 19.8 Å². The van der Waals surface area contributed by atoms with Crippen molar-refractivity contribution >= 4 is 5.91 Å². The molecule has 2 N–H and O–H groups in total. The number of H-pyrrole nitrogens is 1. The molecule has 23 heavy (non-hydrogen) atoms. The molecule has 1 aliphatic heterocycles. The Hall–Kier alpha value is -2.27. The minimum absolute atomic E-state index is 0.120. The number of hydrogen-bond acceptors (Lipinski definition) is 3. The molecule has 1 aromatic heterocycles.